The number of halogens is 1. The second-order valence-corrected chi connectivity index (χ2v) is 9.59. The van der Waals surface area contributed by atoms with E-state index >= 15 is 0 Å². The lowest BCUT2D eigenvalue weighted by Gasteiger charge is -2.18. The molecule has 1 aliphatic rings. The second kappa shape index (κ2) is 13.1. The Morgan fingerprint density at radius 1 is 0.767 bits per heavy atom. The summed E-state index contributed by atoms with van der Waals surface area (Å²) in [5.74, 6) is -1.82. The van der Waals surface area contributed by atoms with Crippen LogP contribution in [0.3, 0.4) is 0 Å². The first-order chi connectivity index (χ1) is 20.9. The number of ether oxygens (including phenoxy) is 3. The first-order valence-electron chi connectivity index (χ1n) is 13.3. The zero-order valence-corrected chi connectivity index (χ0v) is 23.7. The summed E-state index contributed by atoms with van der Waals surface area (Å²) in [5, 5.41) is 2.50. The molecule has 216 valence electrons. The number of hydrogen-bond acceptors (Lipinski definition) is 8. The van der Waals surface area contributed by atoms with E-state index in [4.69, 9.17) is 25.8 Å². The number of carbonyl (C=O) groups excluding carboxylic acids is 4. The Kier molecular flexibility index (Phi) is 8.83. The number of nitrogens with zero attached hydrogens (tertiary/aromatic N) is 1. The molecule has 0 saturated heterocycles. The molecular formula is C33H25ClN2O7. The van der Waals surface area contributed by atoms with Crippen LogP contribution in [-0.2, 0) is 20.9 Å². The molecule has 1 N–H and O–H groups in total. The van der Waals surface area contributed by atoms with Crippen LogP contribution in [0.15, 0.2) is 114 Å². The number of esters is 2. The van der Waals surface area contributed by atoms with Crippen molar-refractivity contribution in [2.75, 3.05) is 16.8 Å². The van der Waals surface area contributed by atoms with Crippen LogP contribution >= 0.6 is 11.6 Å². The lowest BCUT2D eigenvalue weighted by molar-refractivity contribution is -0.120. The molecule has 1 aliphatic heterocycles. The van der Waals surface area contributed by atoms with Crippen LogP contribution in [-0.4, -0.2) is 30.4 Å². The average molecular weight is 597 g/mol. The highest BCUT2D eigenvalue weighted by molar-refractivity contribution is 6.53. The number of nitrogens with one attached hydrogen (secondary N) is 1. The van der Waals surface area contributed by atoms with Gasteiger partial charge < -0.3 is 19.5 Å². The zero-order valence-electron chi connectivity index (χ0n) is 22.9. The van der Waals surface area contributed by atoms with Crippen molar-refractivity contribution in [1.82, 2.24) is 0 Å². The van der Waals surface area contributed by atoms with Gasteiger partial charge in [0.05, 0.1) is 23.4 Å². The number of hydrogen-bond donors (Lipinski definition) is 1. The first-order valence-corrected chi connectivity index (χ1v) is 13.6. The molecule has 0 radical (unpaired) electrons. The first kappa shape index (κ1) is 29.1. The van der Waals surface area contributed by atoms with Crippen LogP contribution in [0.2, 0.25) is 0 Å². The molecule has 9 nitrogen and oxygen atoms in total. The van der Waals surface area contributed by atoms with Gasteiger partial charge in [-0.2, -0.15) is 0 Å². The maximum Gasteiger partial charge on any atom is 0.343 e. The third-order valence-electron chi connectivity index (χ3n) is 6.34. The Labute approximate surface area is 252 Å². The monoisotopic (exact) mass is 596 g/mol. The van der Waals surface area contributed by atoms with Gasteiger partial charge in [-0.3, -0.25) is 9.59 Å². The lowest BCUT2D eigenvalue weighted by atomic mass is 10.1. The molecule has 0 aliphatic carbocycles. The molecule has 0 bridgehead atoms. The fourth-order valence-corrected chi connectivity index (χ4v) is 4.44. The molecule has 10 heteroatoms. The molecule has 0 fully saturated rings. The van der Waals surface area contributed by atoms with E-state index in [1.54, 1.807) is 55.5 Å². The molecule has 0 aromatic heterocycles. The van der Waals surface area contributed by atoms with Crippen LogP contribution < -0.4 is 19.7 Å². The number of anilines is 2. The van der Waals surface area contributed by atoms with E-state index in [1.807, 2.05) is 30.3 Å². The molecule has 2 amide bonds. The van der Waals surface area contributed by atoms with Crippen molar-refractivity contribution in [3.8, 4) is 11.5 Å². The van der Waals surface area contributed by atoms with Gasteiger partial charge in [0.25, 0.3) is 11.8 Å². The van der Waals surface area contributed by atoms with Crippen molar-refractivity contribution >= 4 is 46.7 Å². The summed E-state index contributed by atoms with van der Waals surface area (Å²) in [6.45, 7) is 2.20. The van der Waals surface area contributed by atoms with Crippen molar-refractivity contribution in [3.63, 3.8) is 0 Å². The molecule has 1 heterocycles. The molecule has 43 heavy (non-hydrogen) atoms. The van der Waals surface area contributed by atoms with E-state index in [-0.39, 0.29) is 34.2 Å². The fourth-order valence-electron chi connectivity index (χ4n) is 4.22. The van der Waals surface area contributed by atoms with Gasteiger partial charge in [0.1, 0.15) is 28.8 Å². The van der Waals surface area contributed by atoms with Gasteiger partial charge in [-0.1, -0.05) is 54.1 Å². The summed E-state index contributed by atoms with van der Waals surface area (Å²) in [6.07, 6.45) is 0. The minimum absolute atomic E-state index is 0.0500. The van der Waals surface area contributed by atoms with Crippen molar-refractivity contribution in [2.24, 2.45) is 0 Å². The molecule has 5 rings (SSSR count). The summed E-state index contributed by atoms with van der Waals surface area (Å²) in [7, 11) is 0. The Balaban J connectivity index is 1.22. The smallest absolute Gasteiger partial charge is 0.343 e. The Hall–Kier alpha value is -5.41. The molecule has 4 aromatic carbocycles. The number of imide groups is 1. The van der Waals surface area contributed by atoms with Crippen molar-refractivity contribution < 1.29 is 33.4 Å². The normalized spacial score (nSPS) is 12.7. The quantitative estimate of drug-likeness (QED) is 0.133. The largest absolute Gasteiger partial charge is 0.489 e. The summed E-state index contributed by atoms with van der Waals surface area (Å²) < 4.78 is 16.3. The van der Waals surface area contributed by atoms with Gasteiger partial charge in [-0.15, -0.1) is 0 Å². The second-order valence-electron chi connectivity index (χ2n) is 9.21. The number of benzene rings is 4. The van der Waals surface area contributed by atoms with E-state index in [2.05, 4.69) is 5.32 Å². The highest BCUT2D eigenvalue weighted by Gasteiger charge is 2.40. The topological polar surface area (TPSA) is 111 Å². The Bertz CT molecular complexity index is 1700. The minimum Gasteiger partial charge on any atom is -0.489 e. The van der Waals surface area contributed by atoms with Gasteiger partial charge in [-0.05, 0) is 73.2 Å². The van der Waals surface area contributed by atoms with Crippen molar-refractivity contribution in [2.45, 2.75) is 13.5 Å². The summed E-state index contributed by atoms with van der Waals surface area (Å²) >= 11 is 6.25. The predicted octanol–water partition coefficient (Wildman–Crippen LogP) is 6.10. The molecule has 0 spiro atoms. The van der Waals surface area contributed by atoms with Crippen LogP contribution in [0.5, 0.6) is 11.5 Å². The molecule has 0 saturated carbocycles. The maximum atomic E-state index is 13.2. The van der Waals surface area contributed by atoms with E-state index in [0.29, 0.717) is 23.8 Å². The van der Waals surface area contributed by atoms with Crippen molar-refractivity contribution in [3.05, 3.63) is 131 Å². The van der Waals surface area contributed by atoms with Gasteiger partial charge in [0.2, 0.25) is 0 Å². The number of para-hydroxylation sites is 1. The van der Waals surface area contributed by atoms with E-state index in [1.165, 1.54) is 24.3 Å². The molecule has 4 aromatic rings. The Morgan fingerprint density at radius 2 is 1.42 bits per heavy atom. The average Bonchev–Trinajstić information content (AvgIpc) is 3.24. The molecular weight excluding hydrogens is 572 g/mol. The molecule has 0 unspecified atom stereocenters. The maximum absolute atomic E-state index is 13.2. The van der Waals surface area contributed by atoms with Crippen LogP contribution in [0.4, 0.5) is 11.4 Å². The van der Waals surface area contributed by atoms with Crippen LogP contribution in [0, 0.1) is 0 Å². The standard InChI is InChI=1S/C33H25ClN2O7/c1-2-41-33(40)26-10-6-7-11-27(26)36-30(37)28(34)29(31(36)38)35-23-14-12-22(13-15-23)32(39)43-25-18-16-24(17-19-25)42-20-21-8-4-3-5-9-21/h3-19,35H,2,20H2,1H3. The van der Waals surface area contributed by atoms with E-state index < -0.39 is 23.8 Å². The zero-order chi connectivity index (χ0) is 30.3. The third-order valence-corrected chi connectivity index (χ3v) is 6.69. The highest BCUT2D eigenvalue weighted by Crippen LogP contribution is 2.32. The minimum atomic E-state index is -0.789. The van der Waals surface area contributed by atoms with Gasteiger partial charge in [0, 0.05) is 5.69 Å². The van der Waals surface area contributed by atoms with E-state index in [9.17, 15) is 19.2 Å². The summed E-state index contributed by atoms with van der Waals surface area (Å²) in [6, 6.07) is 28.6. The summed E-state index contributed by atoms with van der Waals surface area (Å²) in [5.41, 5.74) is 1.62. The van der Waals surface area contributed by atoms with Gasteiger partial charge in [0.15, 0.2) is 0 Å². The Morgan fingerprint density at radius 3 is 2.12 bits per heavy atom. The molecule has 0 atom stereocenters. The van der Waals surface area contributed by atoms with E-state index in [0.717, 1.165) is 10.5 Å². The van der Waals surface area contributed by atoms with Crippen LogP contribution in [0.25, 0.3) is 0 Å². The summed E-state index contributed by atoms with van der Waals surface area (Å²) in [4.78, 5) is 52.1. The predicted molar refractivity (Wildman–Crippen MR) is 160 cm³/mol. The van der Waals surface area contributed by atoms with Gasteiger partial charge >= 0.3 is 11.9 Å². The third kappa shape index (κ3) is 6.58. The SMILES string of the molecule is CCOC(=O)c1ccccc1N1C(=O)C(Cl)=C(Nc2ccc(C(=O)Oc3ccc(OCc4ccccc4)cc3)cc2)C1=O. The lowest BCUT2D eigenvalue weighted by Crippen LogP contribution is -2.33. The number of carbonyl (C=O) groups is 4. The fraction of sp³-hybridized carbons (Fsp3) is 0.0909. The number of amides is 2. The van der Waals surface area contributed by atoms with Gasteiger partial charge in [-0.25, -0.2) is 14.5 Å². The highest BCUT2D eigenvalue weighted by atomic mass is 35.5. The van der Waals surface area contributed by atoms with Crippen molar-refractivity contribution in [1.29, 1.82) is 0 Å². The van der Waals surface area contributed by atoms with Crippen LogP contribution in [0.1, 0.15) is 33.2 Å². The number of rotatable bonds is 10.